The second kappa shape index (κ2) is 5.44. The number of hydrogen-bond acceptors (Lipinski definition) is 5. The van der Waals surface area contributed by atoms with E-state index in [1.807, 2.05) is 24.9 Å². The van der Waals surface area contributed by atoms with Crippen molar-refractivity contribution in [2.24, 2.45) is 0 Å². The smallest absolute Gasteiger partial charge is 0.315 e. The number of anilines is 2. The monoisotopic (exact) mass is 265 g/mol. The normalized spacial score (nSPS) is 22.3. The van der Waals surface area contributed by atoms with Crippen molar-refractivity contribution in [1.29, 1.82) is 0 Å². The third-order valence-corrected chi connectivity index (χ3v) is 3.68. The Morgan fingerprint density at radius 3 is 2.79 bits per heavy atom. The van der Waals surface area contributed by atoms with Crippen molar-refractivity contribution < 1.29 is 9.66 Å². The molecule has 1 aliphatic heterocycles. The summed E-state index contributed by atoms with van der Waals surface area (Å²) in [4.78, 5) is 12.9. The second-order valence-electron chi connectivity index (χ2n) is 4.72. The van der Waals surface area contributed by atoms with Gasteiger partial charge in [0.1, 0.15) is 11.4 Å². The maximum Gasteiger partial charge on any atom is 0.315 e. The van der Waals surface area contributed by atoms with Gasteiger partial charge in [-0.25, -0.2) is 0 Å². The van der Waals surface area contributed by atoms with Crippen molar-refractivity contribution >= 4 is 17.1 Å². The number of benzene rings is 1. The lowest BCUT2D eigenvalue weighted by Crippen LogP contribution is -2.37. The van der Waals surface area contributed by atoms with E-state index in [2.05, 4.69) is 5.32 Å². The minimum absolute atomic E-state index is 0.0860. The van der Waals surface area contributed by atoms with E-state index in [0.29, 0.717) is 18.0 Å². The van der Waals surface area contributed by atoms with E-state index >= 15 is 0 Å². The zero-order chi connectivity index (χ0) is 14.0. The van der Waals surface area contributed by atoms with Crippen LogP contribution in [0.1, 0.15) is 13.3 Å². The molecular weight excluding hydrogens is 246 g/mol. The van der Waals surface area contributed by atoms with Gasteiger partial charge in [0.2, 0.25) is 0 Å². The summed E-state index contributed by atoms with van der Waals surface area (Å²) in [5.41, 5.74) is 1.27. The van der Waals surface area contributed by atoms with E-state index in [9.17, 15) is 10.1 Å². The molecule has 2 atom stereocenters. The molecule has 1 heterocycles. The highest BCUT2D eigenvalue weighted by atomic mass is 16.6. The van der Waals surface area contributed by atoms with Crippen molar-refractivity contribution in [2.45, 2.75) is 25.5 Å². The topological polar surface area (TPSA) is 67.6 Å². The standard InChI is InChI=1S/C13H19N3O3/c1-9-11(7-8-19-9)15(3)12-6-4-5-10(14-2)13(12)16(17)18/h4-6,9,11,14H,7-8H2,1-3H3. The van der Waals surface area contributed by atoms with Gasteiger partial charge in [0.15, 0.2) is 0 Å². The number of nitro benzene ring substituents is 1. The Balaban J connectivity index is 2.41. The van der Waals surface area contributed by atoms with Crippen LogP contribution in [0.2, 0.25) is 0 Å². The molecule has 1 aliphatic rings. The average molecular weight is 265 g/mol. The van der Waals surface area contributed by atoms with Crippen molar-refractivity contribution in [2.75, 3.05) is 30.9 Å². The number of nitro groups is 1. The molecule has 0 aliphatic carbocycles. The Morgan fingerprint density at radius 2 is 2.26 bits per heavy atom. The van der Waals surface area contributed by atoms with Crippen LogP contribution in [0.4, 0.5) is 17.1 Å². The predicted molar refractivity (Wildman–Crippen MR) is 74.9 cm³/mol. The molecule has 104 valence electrons. The first-order valence-corrected chi connectivity index (χ1v) is 6.36. The molecule has 1 N–H and O–H groups in total. The Labute approximate surface area is 112 Å². The fourth-order valence-corrected chi connectivity index (χ4v) is 2.62. The van der Waals surface area contributed by atoms with Crippen molar-refractivity contribution in [3.63, 3.8) is 0 Å². The highest BCUT2D eigenvalue weighted by molar-refractivity contribution is 5.77. The summed E-state index contributed by atoms with van der Waals surface area (Å²) in [5, 5.41) is 14.2. The molecule has 2 rings (SSSR count). The van der Waals surface area contributed by atoms with Crippen LogP contribution in [0.15, 0.2) is 18.2 Å². The first kappa shape index (κ1) is 13.6. The molecule has 0 spiro atoms. The quantitative estimate of drug-likeness (QED) is 0.668. The first-order valence-electron chi connectivity index (χ1n) is 6.36. The molecule has 6 heteroatoms. The Bertz CT molecular complexity index is 478. The largest absolute Gasteiger partial charge is 0.382 e. The first-order chi connectivity index (χ1) is 9.06. The SMILES string of the molecule is CNc1cccc(N(C)C2CCOC2C)c1[N+](=O)[O-]. The summed E-state index contributed by atoms with van der Waals surface area (Å²) >= 11 is 0. The Hall–Kier alpha value is -1.82. The van der Waals surface area contributed by atoms with E-state index < -0.39 is 0 Å². The van der Waals surface area contributed by atoms with Gasteiger partial charge in [-0.1, -0.05) is 6.07 Å². The van der Waals surface area contributed by atoms with Crippen LogP contribution in [0.3, 0.4) is 0 Å². The number of para-hydroxylation sites is 1. The Kier molecular flexibility index (Phi) is 3.90. The van der Waals surface area contributed by atoms with Gasteiger partial charge in [-0.2, -0.15) is 0 Å². The second-order valence-corrected chi connectivity index (χ2v) is 4.72. The van der Waals surface area contributed by atoms with Gasteiger partial charge in [0, 0.05) is 20.7 Å². The number of ether oxygens (including phenoxy) is 1. The zero-order valence-corrected chi connectivity index (χ0v) is 11.4. The number of rotatable bonds is 4. The van der Waals surface area contributed by atoms with Crippen LogP contribution >= 0.6 is 0 Å². The molecule has 0 radical (unpaired) electrons. The van der Waals surface area contributed by atoms with Crippen molar-refractivity contribution in [3.8, 4) is 0 Å². The van der Waals surface area contributed by atoms with E-state index in [1.165, 1.54) is 0 Å². The van der Waals surface area contributed by atoms with Gasteiger partial charge >= 0.3 is 5.69 Å². The molecule has 0 bridgehead atoms. The molecule has 0 saturated carbocycles. The maximum absolute atomic E-state index is 11.3. The minimum Gasteiger partial charge on any atom is -0.382 e. The van der Waals surface area contributed by atoms with Crippen LogP contribution in [-0.4, -0.2) is 37.8 Å². The third kappa shape index (κ3) is 2.49. The van der Waals surface area contributed by atoms with Gasteiger partial charge in [-0.3, -0.25) is 10.1 Å². The van der Waals surface area contributed by atoms with E-state index in [1.54, 1.807) is 19.2 Å². The molecular formula is C13H19N3O3. The number of hydrogen-bond donors (Lipinski definition) is 1. The molecule has 1 aromatic carbocycles. The van der Waals surface area contributed by atoms with Crippen LogP contribution < -0.4 is 10.2 Å². The summed E-state index contributed by atoms with van der Waals surface area (Å²) in [6.45, 7) is 2.71. The number of nitrogens with one attached hydrogen (secondary N) is 1. The molecule has 6 nitrogen and oxygen atoms in total. The number of nitrogens with zero attached hydrogens (tertiary/aromatic N) is 2. The highest BCUT2D eigenvalue weighted by Gasteiger charge is 2.32. The maximum atomic E-state index is 11.3. The lowest BCUT2D eigenvalue weighted by Gasteiger charge is -2.28. The summed E-state index contributed by atoms with van der Waals surface area (Å²) in [6, 6.07) is 5.49. The van der Waals surface area contributed by atoms with E-state index in [-0.39, 0.29) is 22.8 Å². The van der Waals surface area contributed by atoms with E-state index in [0.717, 1.165) is 6.42 Å². The highest BCUT2D eigenvalue weighted by Crippen LogP contribution is 2.37. The fraction of sp³-hybridized carbons (Fsp3) is 0.538. The zero-order valence-electron chi connectivity index (χ0n) is 11.4. The van der Waals surface area contributed by atoms with E-state index in [4.69, 9.17) is 4.74 Å². The Morgan fingerprint density at radius 1 is 1.53 bits per heavy atom. The molecule has 1 fully saturated rings. The lowest BCUT2D eigenvalue weighted by atomic mass is 10.1. The molecule has 0 amide bonds. The lowest BCUT2D eigenvalue weighted by molar-refractivity contribution is -0.383. The summed E-state index contributed by atoms with van der Waals surface area (Å²) in [6.07, 6.45) is 0.973. The summed E-state index contributed by atoms with van der Waals surface area (Å²) in [5.74, 6) is 0. The third-order valence-electron chi connectivity index (χ3n) is 3.68. The van der Waals surface area contributed by atoms with Gasteiger partial charge in [-0.05, 0) is 25.5 Å². The van der Waals surface area contributed by atoms with Crippen LogP contribution in [0.5, 0.6) is 0 Å². The summed E-state index contributed by atoms with van der Waals surface area (Å²) in [7, 11) is 3.57. The van der Waals surface area contributed by atoms with Crippen molar-refractivity contribution in [1.82, 2.24) is 0 Å². The summed E-state index contributed by atoms with van der Waals surface area (Å²) < 4.78 is 5.54. The predicted octanol–water partition coefficient (Wildman–Crippen LogP) is 2.25. The van der Waals surface area contributed by atoms with Gasteiger partial charge in [0.05, 0.1) is 17.1 Å². The van der Waals surface area contributed by atoms with Gasteiger partial charge in [-0.15, -0.1) is 0 Å². The molecule has 0 aromatic heterocycles. The number of likely N-dealkylation sites (N-methyl/N-ethyl adjacent to an activating group) is 1. The van der Waals surface area contributed by atoms with Gasteiger partial charge < -0.3 is 15.0 Å². The van der Waals surface area contributed by atoms with Gasteiger partial charge in [0.25, 0.3) is 0 Å². The van der Waals surface area contributed by atoms with Crippen LogP contribution in [0, 0.1) is 10.1 Å². The average Bonchev–Trinajstić information content (AvgIpc) is 2.83. The van der Waals surface area contributed by atoms with Crippen molar-refractivity contribution in [3.05, 3.63) is 28.3 Å². The fourth-order valence-electron chi connectivity index (χ4n) is 2.62. The van der Waals surface area contributed by atoms with Crippen LogP contribution in [-0.2, 0) is 4.74 Å². The molecule has 2 unspecified atom stereocenters. The molecule has 1 saturated heterocycles. The molecule has 19 heavy (non-hydrogen) atoms. The minimum atomic E-state index is -0.335. The van der Waals surface area contributed by atoms with Crippen LogP contribution in [0.25, 0.3) is 0 Å². The molecule has 1 aromatic rings.